The molecule has 84 valence electrons. The SMILES string of the molecule is C[C@@H](c1cc2ccccc2[nH]1)[C@@H](N)C(=O)O. The maximum atomic E-state index is 10.8. The number of hydrogen-bond acceptors (Lipinski definition) is 2. The Balaban J connectivity index is 2.36. The molecule has 2 rings (SSSR count). The van der Waals surface area contributed by atoms with Crippen molar-refractivity contribution < 1.29 is 9.90 Å². The molecule has 0 aliphatic rings. The summed E-state index contributed by atoms with van der Waals surface area (Å²) < 4.78 is 0. The predicted octanol–water partition coefficient (Wildman–Crippen LogP) is 1.68. The molecular formula is C12H14N2O2. The normalized spacial score (nSPS) is 14.9. The van der Waals surface area contributed by atoms with Crippen LogP contribution >= 0.6 is 0 Å². The number of aromatic nitrogens is 1. The van der Waals surface area contributed by atoms with Crippen LogP contribution in [-0.2, 0) is 4.79 Å². The number of hydrogen-bond donors (Lipinski definition) is 3. The van der Waals surface area contributed by atoms with E-state index in [2.05, 4.69) is 4.98 Å². The molecule has 0 radical (unpaired) electrons. The molecule has 2 atom stereocenters. The molecule has 1 heterocycles. The Morgan fingerprint density at radius 2 is 2.12 bits per heavy atom. The summed E-state index contributed by atoms with van der Waals surface area (Å²) in [5.41, 5.74) is 7.45. The number of carbonyl (C=O) groups is 1. The number of rotatable bonds is 3. The fraction of sp³-hybridized carbons (Fsp3) is 0.250. The van der Waals surface area contributed by atoms with E-state index in [1.807, 2.05) is 37.3 Å². The van der Waals surface area contributed by atoms with Gasteiger partial charge in [-0.05, 0) is 17.5 Å². The van der Waals surface area contributed by atoms with Crippen molar-refractivity contribution in [2.45, 2.75) is 18.9 Å². The molecule has 4 heteroatoms. The van der Waals surface area contributed by atoms with E-state index in [1.54, 1.807) is 0 Å². The minimum atomic E-state index is -0.980. The molecule has 1 aromatic heterocycles. The molecule has 2 aromatic rings. The van der Waals surface area contributed by atoms with E-state index < -0.39 is 12.0 Å². The molecule has 0 unspecified atom stereocenters. The Bertz CT molecular complexity index is 485. The summed E-state index contributed by atoms with van der Waals surface area (Å²) in [4.78, 5) is 14.0. The first-order chi connectivity index (χ1) is 7.59. The third-order valence-electron chi connectivity index (χ3n) is 2.87. The Labute approximate surface area is 93.1 Å². The van der Waals surface area contributed by atoms with Crippen LogP contribution in [0.5, 0.6) is 0 Å². The van der Waals surface area contributed by atoms with Crippen LogP contribution in [0, 0.1) is 0 Å². The third kappa shape index (κ3) is 1.79. The van der Waals surface area contributed by atoms with Gasteiger partial charge in [-0.3, -0.25) is 4.79 Å². The topological polar surface area (TPSA) is 79.1 Å². The lowest BCUT2D eigenvalue weighted by atomic mass is 9.99. The van der Waals surface area contributed by atoms with Crippen LogP contribution in [0.2, 0.25) is 0 Å². The number of para-hydroxylation sites is 1. The van der Waals surface area contributed by atoms with E-state index in [-0.39, 0.29) is 5.92 Å². The Morgan fingerprint density at radius 1 is 1.44 bits per heavy atom. The first-order valence-electron chi connectivity index (χ1n) is 5.15. The smallest absolute Gasteiger partial charge is 0.321 e. The summed E-state index contributed by atoms with van der Waals surface area (Å²) in [5.74, 6) is -1.21. The van der Waals surface area contributed by atoms with Crippen molar-refractivity contribution in [3.63, 3.8) is 0 Å². The minimum absolute atomic E-state index is 0.232. The molecule has 0 bridgehead atoms. The number of nitrogens with one attached hydrogen (secondary N) is 1. The summed E-state index contributed by atoms with van der Waals surface area (Å²) >= 11 is 0. The molecule has 4 N–H and O–H groups in total. The van der Waals surface area contributed by atoms with E-state index in [0.29, 0.717) is 0 Å². The van der Waals surface area contributed by atoms with Crippen molar-refractivity contribution in [1.82, 2.24) is 4.98 Å². The number of aromatic amines is 1. The van der Waals surface area contributed by atoms with Gasteiger partial charge in [-0.2, -0.15) is 0 Å². The number of aliphatic carboxylic acids is 1. The molecule has 0 saturated carbocycles. The maximum absolute atomic E-state index is 10.8. The van der Waals surface area contributed by atoms with E-state index >= 15 is 0 Å². The molecule has 4 nitrogen and oxygen atoms in total. The second-order valence-electron chi connectivity index (χ2n) is 3.96. The Hall–Kier alpha value is -1.81. The molecule has 1 aromatic carbocycles. The number of carboxylic acids is 1. The molecular weight excluding hydrogens is 204 g/mol. The lowest BCUT2D eigenvalue weighted by Crippen LogP contribution is -2.35. The zero-order valence-corrected chi connectivity index (χ0v) is 8.97. The highest BCUT2D eigenvalue weighted by atomic mass is 16.4. The molecule has 0 aliphatic carbocycles. The van der Waals surface area contributed by atoms with Gasteiger partial charge < -0.3 is 15.8 Å². The number of H-pyrrole nitrogens is 1. The quantitative estimate of drug-likeness (QED) is 0.733. The lowest BCUT2D eigenvalue weighted by molar-refractivity contribution is -0.139. The summed E-state index contributed by atoms with van der Waals surface area (Å²) in [7, 11) is 0. The van der Waals surface area contributed by atoms with Crippen LogP contribution in [0.3, 0.4) is 0 Å². The molecule has 16 heavy (non-hydrogen) atoms. The van der Waals surface area contributed by atoms with Gasteiger partial charge in [0.1, 0.15) is 6.04 Å². The standard InChI is InChI=1S/C12H14N2O2/c1-7(11(13)12(15)16)10-6-8-4-2-3-5-9(8)14-10/h2-7,11,14H,13H2,1H3,(H,15,16)/t7-,11+/m0/s1. The molecule has 0 spiro atoms. The van der Waals surface area contributed by atoms with E-state index in [4.69, 9.17) is 10.8 Å². The van der Waals surface area contributed by atoms with Crippen LogP contribution in [0.1, 0.15) is 18.5 Å². The third-order valence-corrected chi connectivity index (χ3v) is 2.87. The van der Waals surface area contributed by atoms with Crippen molar-refractivity contribution in [3.05, 3.63) is 36.0 Å². The second-order valence-corrected chi connectivity index (χ2v) is 3.96. The summed E-state index contributed by atoms with van der Waals surface area (Å²) in [6.07, 6.45) is 0. The van der Waals surface area contributed by atoms with Gasteiger partial charge in [-0.1, -0.05) is 25.1 Å². The molecule has 0 fully saturated rings. The average Bonchev–Trinajstić information content (AvgIpc) is 2.70. The van der Waals surface area contributed by atoms with Gasteiger partial charge >= 0.3 is 5.97 Å². The van der Waals surface area contributed by atoms with E-state index in [9.17, 15) is 4.79 Å². The first-order valence-corrected chi connectivity index (χ1v) is 5.15. The molecule has 0 saturated heterocycles. The van der Waals surface area contributed by atoms with Gasteiger partial charge in [-0.25, -0.2) is 0 Å². The van der Waals surface area contributed by atoms with Gasteiger partial charge in [0.25, 0.3) is 0 Å². The fourth-order valence-electron chi connectivity index (χ4n) is 1.75. The first kappa shape index (κ1) is 10.7. The van der Waals surface area contributed by atoms with Gasteiger partial charge in [0.05, 0.1) is 0 Å². The zero-order valence-electron chi connectivity index (χ0n) is 8.97. The van der Waals surface area contributed by atoms with Gasteiger partial charge in [0.2, 0.25) is 0 Å². The highest BCUT2D eigenvalue weighted by molar-refractivity contribution is 5.81. The van der Waals surface area contributed by atoms with Crippen LogP contribution in [0.15, 0.2) is 30.3 Å². The minimum Gasteiger partial charge on any atom is -0.480 e. The number of carboxylic acid groups (broad SMARTS) is 1. The van der Waals surface area contributed by atoms with Crippen LogP contribution in [0.4, 0.5) is 0 Å². The van der Waals surface area contributed by atoms with Gasteiger partial charge in [0.15, 0.2) is 0 Å². The highest BCUT2D eigenvalue weighted by Crippen LogP contribution is 2.22. The summed E-state index contributed by atoms with van der Waals surface area (Å²) in [6, 6.07) is 8.88. The summed E-state index contributed by atoms with van der Waals surface area (Å²) in [5, 5.41) is 9.92. The fourth-order valence-corrected chi connectivity index (χ4v) is 1.75. The van der Waals surface area contributed by atoms with Crippen molar-refractivity contribution in [1.29, 1.82) is 0 Å². The van der Waals surface area contributed by atoms with Gasteiger partial charge in [-0.15, -0.1) is 0 Å². The Morgan fingerprint density at radius 3 is 2.75 bits per heavy atom. The largest absolute Gasteiger partial charge is 0.480 e. The van der Waals surface area contributed by atoms with Crippen LogP contribution in [0.25, 0.3) is 10.9 Å². The maximum Gasteiger partial charge on any atom is 0.321 e. The van der Waals surface area contributed by atoms with Crippen molar-refractivity contribution in [2.75, 3.05) is 0 Å². The molecule has 0 amide bonds. The van der Waals surface area contributed by atoms with E-state index in [1.165, 1.54) is 0 Å². The van der Waals surface area contributed by atoms with Gasteiger partial charge in [0, 0.05) is 17.1 Å². The van der Waals surface area contributed by atoms with E-state index in [0.717, 1.165) is 16.6 Å². The number of nitrogens with two attached hydrogens (primary N) is 1. The predicted molar refractivity (Wildman–Crippen MR) is 62.3 cm³/mol. The Kier molecular flexibility index (Phi) is 2.66. The molecule has 0 aliphatic heterocycles. The van der Waals surface area contributed by atoms with Crippen LogP contribution in [-0.4, -0.2) is 22.1 Å². The zero-order chi connectivity index (χ0) is 11.7. The number of benzene rings is 1. The van der Waals surface area contributed by atoms with Crippen molar-refractivity contribution >= 4 is 16.9 Å². The lowest BCUT2D eigenvalue weighted by Gasteiger charge is -2.13. The second kappa shape index (κ2) is 3.98. The van der Waals surface area contributed by atoms with Crippen molar-refractivity contribution in [3.8, 4) is 0 Å². The summed E-state index contributed by atoms with van der Waals surface area (Å²) in [6.45, 7) is 1.81. The average molecular weight is 218 g/mol. The van der Waals surface area contributed by atoms with Crippen LogP contribution < -0.4 is 5.73 Å². The van der Waals surface area contributed by atoms with Crippen molar-refractivity contribution in [2.24, 2.45) is 5.73 Å². The monoisotopic (exact) mass is 218 g/mol. The highest BCUT2D eigenvalue weighted by Gasteiger charge is 2.22. The number of fused-ring (bicyclic) bond motifs is 1.